The molecule has 2 aromatic heterocycles. The Morgan fingerprint density at radius 2 is 2.15 bits per heavy atom. The summed E-state index contributed by atoms with van der Waals surface area (Å²) in [6.07, 6.45) is 0. The first kappa shape index (κ1) is 16.5. The summed E-state index contributed by atoms with van der Waals surface area (Å²) < 4.78 is 0. The third-order valence-corrected chi connectivity index (χ3v) is 5.07. The standard InChI is InChI=1S/C17H18N7OS/c1-11-9-23(17(25)20-12-5-3-2-4-6-12)7-8-24(11)14-13-15(26-10-19-13)22-16(18)21-14/h3-6,10-11H,7-9H2,1H3,(H,20,25)(H2,18,21,22)/t11-/m0/s1. The molecule has 3 aromatic rings. The van der Waals surface area contributed by atoms with Gasteiger partial charge in [-0.2, -0.15) is 4.98 Å². The van der Waals surface area contributed by atoms with Gasteiger partial charge in [-0.3, -0.25) is 0 Å². The van der Waals surface area contributed by atoms with Gasteiger partial charge in [0.2, 0.25) is 5.95 Å². The lowest BCUT2D eigenvalue weighted by Crippen LogP contribution is -2.55. The number of hydrogen-bond acceptors (Lipinski definition) is 7. The summed E-state index contributed by atoms with van der Waals surface area (Å²) in [6.45, 7) is 3.89. The number of anilines is 3. The SMILES string of the molecule is C[C@H]1CN(C(=O)Nc2cc[c]cc2)CCN1c1nc(N)nc2scnc12. The maximum Gasteiger partial charge on any atom is 0.321 e. The number of nitrogens with one attached hydrogen (secondary N) is 1. The van der Waals surface area contributed by atoms with Crippen LogP contribution < -0.4 is 16.0 Å². The molecule has 1 fully saturated rings. The van der Waals surface area contributed by atoms with Crippen molar-refractivity contribution in [2.24, 2.45) is 0 Å². The minimum atomic E-state index is -0.108. The molecule has 0 unspecified atom stereocenters. The monoisotopic (exact) mass is 368 g/mol. The summed E-state index contributed by atoms with van der Waals surface area (Å²) in [5.74, 6) is 0.977. The van der Waals surface area contributed by atoms with Crippen molar-refractivity contribution in [3.63, 3.8) is 0 Å². The molecular formula is C17H18N7OS. The largest absolute Gasteiger partial charge is 0.368 e. The molecule has 1 radical (unpaired) electrons. The summed E-state index contributed by atoms with van der Waals surface area (Å²) in [7, 11) is 0. The summed E-state index contributed by atoms with van der Waals surface area (Å²) >= 11 is 1.44. The second kappa shape index (κ2) is 6.75. The van der Waals surface area contributed by atoms with Crippen molar-refractivity contribution in [3.8, 4) is 0 Å². The van der Waals surface area contributed by atoms with Crippen LogP contribution >= 0.6 is 11.3 Å². The number of nitrogens with two attached hydrogens (primary N) is 1. The number of carbonyl (C=O) groups excluding carboxylic acids is 1. The number of nitrogens with zero attached hydrogens (tertiary/aromatic N) is 5. The molecule has 3 N–H and O–H groups in total. The predicted molar refractivity (Wildman–Crippen MR) is 102 cm³/mol. The number of aromatic nitrogens is 3. The molecule has 3 heterocycles. The van der Waals surface area contributed by atoms with Gasteiger partial charge in [0.1, 0.15) is 5.52 Å². The number of nitrogen functional groups attached to an aromatic ring is 1. The fourth-order valence-corrected chi connectivity index (χ4v) is 3.75. The molecule has 4 rings (SSSR count). The third kappa shape index (κ3) is 3.13. The van der Waals surface area contributed by atoms with Crippen LogP contribution in [0.5, 0.6) is 0 Å². The predicted octanol–water partition coefficient (Wildman–Crippen LogP) is 2.21. The summed E-state index contributed by atoms with van der Waals surface area (Å²) in [5.41, 5.74) is 9.11. The first-order chi connectivity index (χ1) is 12.6. The fraction of sp³-hybridized carbons (Fsp3) is 0.294. The number of fused-ring (bicyclic) bond motifs is 1. The van der Waals surface area contributed by atoms with E-state index in [4.69, 9.17) is 5.73 Å². The van der Waals surface area contributed by atoms with Crippen LogP contribution in [0.3, 0.4) is 0 Å². The smallest absolute Gasteiger partial charge is 0.321 e. The van der Waals surface area contributed by atoms with E-state index in [0.717, 1.165) is 21.9 Å². The zero-order valence-electron chi connectivity index (χ0n) is 14.2. The molecule has 26 heavy (non-hydrogen) atoms. The van der Waals surface area contributed by atoms with Gasteiger partial charge in [-0.05, 0) is 25.1 Å². The Labute approximate surface area is 154 Å². The molecule has 2 amide bonds. The molecule has 1 aromatic carbocycles. The molecule has 1 atom stereocenters. The number of piperazine rings is 1. The van der Waals surface area contributed by atoms with Crippen LogP contribution in [0.2, 0.25) is 0 Å². The molecule has 8 nitrogen and oxygen atoms in total. The van der Waals surface area contributed by atoms with Crippen LogP contribution in [-0.4, -0.2) is 51.6 Å². The third-order valence-electron chi connectivity index (χ3n) is 4.35. The van der Waals surface area contributed by atoms with Crippen LogP contribution in [0.4, 0.5) is 22.2 Å². The lowest BCUT2D eigenvalue weighted by Gasteiger charge is -2.40. The van der Waals surface area contributed by atoms with Crippen molar-refractivity contribution in [2.45, 2.75) is 13.0 Å². The van der Waals surface area contributed by atoms with Gasteiger partial charge in [-0.25, -0.2) is 14.8 Å². The first-order valence-electron chi connectivity index (χ1n) is 8.27. The molecule has 0 spiro atoms. The average Bonchev–Trinajstić information content (AvgIpc) is 3.10. The second-order valence-electron chi connectivity index (χ2n) is 6.12. The zero-order valence-corrected chi connectivity index (χ0v) is 15.0. The Morgan fingerprint density at radius 1 is 1.35 bits per heavy atom. The highest BCUT2D eigenvalue weighted by molar-refractivity contribution is 7.16. The van der Waals surface area contributed by atoms with Gasteiger partial charge in [0.15, 0.2) is 10.6 Å². The van der Waals surface area contributed by atoms with E-state index < -0.39 is 0 Å². The number of carbonyl (C=O) groups is 1. The molecule has 0 aliphatic carbocycles. The zero-order chi connectivity index (χ0) is 18.1. The number of rotatable bonds is 2. The van der Waals surface area contributed by atoms with Crippen molar-refractivity contribution < 1.29 is 4.79 Å². The van der Waals surface area contributed by atoms with E-state index in [1.165, 1.54) is 11.3 Å². The maximum absolute atomic E-state index is 12.5. The molecule has 1 aliphatic rings. The number of hydrogen-bond donors (Lipinski definition) is 2. The quantitative estimate of drug-likeness (QED) is 0.719. The first-order valence-corrected chi connectivity index (χ1v) is 9.15. The minimum absolute atomic E-state index is 0.0813. The van der Waals surface area contributed by atoms with Crippen LogP contribution in [-0.2, 0) is 0 Å². The van der Waals surface area contributed by atoms with E-state index in [-0.39, 0.29) is 18.0 Å². The summed E-state index contributed by atoms with van der Waals surface area (Å²) in [5, 5.41) is 2.91. The number of amides is 2. The molecule has 1 aliphatic heterocycles. The van der Waals surface area contributed by atoms with E-state index in [9.17, 15) is 4.79 Å². The Bertz CT molecular complexity index is 929. The molecule has 1 saturated heterocycles. The van der Waals surface area contributed by atoms with Crippen LogP contribution in [0.15, 0.2) is 29.8 Å². The highest BCUT2D eigenvalue weighted by Crippen LogP contribution is 2.28. The Hall–Kier alpha value is -2.94. The minimum Gasteiger partial charge on any atom is -0.368 e. The van der Waals surface area contributed by atoms with Crippen LogP contribution in [0, 0.1) is 6.07 Å². The topological polar surface area (TPSA) is 100 Å². The van der Waals surface area contributed by atoms with Gasteiger partial charge in [0.05, 0.1) is 5.51 Å². The Kier molecular flexibility index (Phi) is 4.29. The van der Waals surface area contributed by atoms with Crippen molar-refractivity contribution in [3.05, 3.63) is 35.8 Å². The van der Waals surface area contributed by atoms with Crippen molar-refractivity contribution in [2.75, 3.05) is 35.6 Å². The molecule has 0 saturated carbocycles. The van der Waals surface area contributed by atoms with E-state index >= 15 is 0 Å². The van der Waals surface area contributed by atoms with Gasteiger partial charge < -0.3 is 20.9 Å². The second-order valence-corrected chi connectivity index (χ2v) is 6.95. The lowest BCUT2D eigenvalue weighted by molar-refractivity contribution is 0.200. The van der Waals surface area contributed by atoms with E-state index in [1.807, 2.05) is 12.1 Å². The Morgan fingerprint density at radius 3 is 2.92 bits per heavy atom. The van der Waals surface area contributed by atoms with Gasteiger partial charge in [-0.1, -0.05) is 12.1 Å². The average molecular weight is 368 g/mol. The van der Waals surface area contributed by atoms with Crippen molar-refractivity contribution in [1.82, 2.24) is 19.9 Å². The number of thiazole rings is 1. The number of benzene rings is 1. The normalized spacial score (nSPS) is 17.5. The van der Waals surface area contributed by atoms with Crippen LogP contribution in [0.25, 0.3) is 10.3 Å². The molecule has 133 valence electrons. The van der Waals surface area contributed by atoms with Gasteiger partial charge in [-0.15, -0.1) is 11.3 Å². The van der Waals surface area contributed by atoms with Crippen molar-refractivity contribution in [1.29, 1.82) is 0 Å². The van der Waals surface area contributed by atoms with Gasteiger partial charge in [0.25, 0.3) is 0 Å². The molecule has 9 heteroatoms. The molecular weight excluding hydrogens is 350 g/mol. The van der Waals surface area contributed by atoms with E-state index in [0.29, 0.717) is 19.6 Å². The van der Waals surface area contributed by atoms with Crippen molar-refractivity contribution >= 4 is 45.2 Å². The van der Waals surface area contributed by atoms with E-state index in [1.54, 1.807) is 22.5 Å². The van der Waals surface area contributed by atoms with E-state index in [2.05, 4.69) is 38.2 Å². The molecule has 0 bridgehead atoms. The fourth-order valence-electron chi connectivity index (χ4n) is 3.09. The summed E-state index contributed by atoms with van der Waals surface area (Å²) in [4.78, 5) is 30.2. The Balaban J connectivity index is 1.50. The maximum atomic E-state index is 12.5. The lowest BCUT2D eigenvalue weighted by atomic mass is 10.2. The van der Waals surface area contributed by atoms with Gasteiger partial charge in [0, 0.05) is 31.4 Å². The van der Waals surface area contributed by atoms with Crippen LogP contribution in [0.1, 0.15) is 6.92 Å². The van der Waals surface area contributed by atoms with Gasteiger partial charge >= 0.3 is 6.03 Å². The highest BCUT2D eigenvalue weighted by atomic mass is 32.1. The highest BCUT2D eigenvalue weighted by Gasteiger charge is 2.29. The number of urea groups is 1. The summed E-state index contributed by atoms with van der Waals surface area (Å²) in [6, 6.07) is 10.1.